The number of para-hydroxylation sites is 1. The molecule has 1 N–H and O–H groups in total. The lowest BCUT2D eigenvalue weighted by molar-refractivity contribution is -0.140. The highest BCUT2D eigenvalue weighted by Gasteiger charge is 2.45. The summed E-state index contributed by atoms with van der Waals surface area (Å²) in [5.41, 5.74) is 2.95. The minimum absolute atomic E-state index is 0.0781. The summed E-state index contributed by atoms with van der Waals surface area (Å²) >= 11 is 1.63. The average Bonchev–Trinajstić information content (AvgIpc) is 3.17. The number of carbonyl (C=O) groups is 2. The Morgan fingerprint density at radius 2 is 1.77 bits per heavy atom. The Balaban J connectivity index is 1.91. The maximum Gasteiger partial charge on any atom is 0.144 e. The van der Waals surface area contributed by atoms with E-state index in [2.05, 4.69) is 17.1 Å². The zero-order valence-corrected chi connectivity index (χ0v) is 16.2. The molecule has 3 nitrogen and oxygen atoms in total. The third-order valence-electron chi connectivity index (χ3n) is 5.44. The molecule has 134 valence electrons. The van der Waals surface area contributed by atoms with E-state index >= 15 is 0 Å². The van der Waals surface area contributed by atoms with Crippen LogP contribution in [0.5, 0.6) is 0 Å². The number of aromatic nitrogens is 1. The molecule has 4 heteroatoms. The molecule has 1 unspecified atom stereocenters. The molecule has 1 aliphatic rings. The maximum atomic E-state index is 13.1. The molecule has 2 heterocycles. The molecule has 1 atom stereocenters. The number of H-pyrrole nitrogens is 1. The molecule has 0 bridgehead atoms. The van der Waals surface area contributed by atoms with E-state index < -0.39 is 5.92 Å². The number of fused-ring (bicyclic) bond motifs is 1. The smallest absolute Gasteiger partial charge is 0.144 e. The van der Waals surface area contributed by atoms with Crippen molar-refractivity contribution in [3.05, 3.63) is 57.9 Å². The Bertz CT molecular complexity index is 961. The molecule has 0 saturated heterocycles. The summed E-state index contributed by atoms with van der Waals surface area (Å²) in [4.78, 5) is 30.7. The average molecular weight is 365 g/mol. The van der Waals surface area contributed by atoms with Gasteiger partial charge in [0.15, 0.2) is 0 Å². The molecular formula is C22H23NO2S. The van der Waals surface area contributed by atoms with Gasteiger partial charge in [-0.2, -0.15) is 0 Å². The summed E-state index contributed by atoms with van der Waals surface area (Å²) in [6.07, 6.45) is 0.930. The Morgan fingerprint density at radius 1 is 1.08 bits per heavy atom. The molecule has 4 rings (SSSR count). The summed E-state index contributed by atoms with van der Waals surface area (Å²) < 4.78 is 0. The van der Waals surface area contributed by atoms with Crippen LogP contribution in [0.25, 0.3) is 10.9 Å². The topological polar surface area (TPSA) is 49.9 Å². The zero-order valence-electron chi connectivity index (χ0n) is 15.3. The minimum atomic E-state index is -0.584. The van der Waals surface area contributed by atoms with Crippen LogP contribution < -0.4 is 0 Å². The Morgan fingerprint density at radius 3 is 2.42 bits per heavy atom. The molecular weight excluding hydrogens is 342 g/mol. The summed E-state index contributed by atoms with van der Waals surface area (Å²) in [5.74, 6) is -0.634. The molecule has 1 aromatic carbocycles. The van der Waals surface area contributed by atoms with E-state index in [-0.39, 0.29) is 22.9 Å². The first-order valence-corrected chi connectivity index (χ1v) is 9.91. The quantitative estimate of drug-likeness (QED) is 0.645. The van der Waals surface area contributed by atoms with Gasteiger partial charge in [-0.05, 0) is 35.4 Å². The number of ketones is 2. The molecule has 1 aliphatic carbocycles. The summed E-state index contributed by atoms with van der Waals surface area (Å²) in [7, 11) is 0. The van der Waals surface area contributed by atoms with E-state index in [9.17, 15) is 9.59 Å². The number of hydrogen-bond donors (Lipinski definition) is 1. The van der Waals surface area contributed by atoms with Gasteiger partial charge in [-0.3, -0.25) is 9.59 Å². The van der Waals surface area contributed by atoms with Crippen molar-refractivity contribution < 1.29 is 9.59 Å². The number of carbonyl (C=O) groups excluding carboxylic acids is 2. The van der Waals surface area contributed by atoms with Gasteiger partial charge in [0.05, 0.1) is 5.92 Å². The standard InChI is InChI=1S/C22H23NO2S/c1-13-19(14-7-4-5-8-15(14)23-13)21(18-9-6-10-26-18)20-16(24)11-22(2,3)12-17(20)25/h4-10,20-21,23H,11-12H2,1-3H3. The fraction of sp³-hybridized carbons (Fsp3) is 0.364. The van der Waals surface area contributed by atoms with E-state index in [4.69, 9.17) is 0 Å². The zero-order chi connectivity index (χ0) is 18.5. The number of Topliss-reactive ketones (excluding diaryl/α,β-unsaturated/α-hetero) is 2. The van der Waals surface area contributed by atoms with Crippen LogP contribution >= 0.6 is 11.3 Å². The van der Waals surface area contributed by atoms with Gasteiger partial charge in [0, 0.05) is 40.2 Å². The molecule has 0 amide bonds. The SMILES string of the molecule is Cc1[nH]c2ccccc2c1C(c1cccs1)C1C(=O)CC(C)(C)CC1=O. The first-order valence-electron chi connectivity index (χ1n) is 9.03. The Hall–Kier alpha value is -2.20. The van der Waals surface area contributed by atoms with Crippen LogP contribution in [-0.4, -0.2) is 16.6 Å². The number of nitrogens with one attached hydrogen (secondary N) is 1. The number of aryl methyl sites for hydroxylation is 1. The highest BCUT2D eigenvalue weighted by molar-refractivity contribution is 7.10. The van der Waals surface area contributed by atoms with Gasteiger partial charge in [-0.25, -0.2) is 0 Å². The number of hydrogen-bond acceptors (Lipinski definition) is 3. The number of aromatic amines is 1. The monoisotopic (exact) mass is 365 g/mol. The second-order valence-corrected chi connectivity index (χ2v) is 9.11. The van der Waals surface area contributed by atoms with Crippen LogP contribution in [-0.2, 0) is 9.59 Å². The fourth-order valence-electron chi connectivity index (χ4n) is 4.42. The van der Waals surface area contributed by atoms with E-state index in [1.165, 1.54) is 0 Å². The molecule has 0 radical (unpaired) electrons. The molecule has 2 aromatic heterocycles. The Kier molecular flexibility index (Phi) is 4.11. The largest absolute Gasteiger partial charge is 0.358 e. The highest BCUT2D eigenvalue weighted by Crippen LogP contribution is 2.46. The van der Waals surface area contributed by atoms with Crippen LogP contribution in [0.3, 0.4) is 0 Å². The minimum Gasteiger partial charge on any atom is -0.358 e. The predicted molar refractivity (Wildman–Crippen MR) is 106 cm³/mol. The third kappa shape index (κ3) is 2.82. The number of benzene rings is 1. The van der Waals surface area contributed by atoms with Crippen LogP contribution in [0.1, 0.15) is 48.7 Å². The van der Waals surface area contributed by atoms with Crippen molar-refractivity contribution in [1.82, 2.24) is 4.98 Å². The second-order valence-electron chi connectivity index (χ2n) is 8.13. The van der Waals surface area contributed by atoms with Crippen LogP contribution in [0.2, 0.25) is 0 Å². The highest BCUT2D eigenvalue weighted by atomic mass is 32.1. The van der Waals surface area contributed by atoms with Crippen molar-refractivity contribution in [3.8, 4) is 0 Å². The summed E-state index contributed by atoms with van der Waals surface area (Å²) in [6.45, 7) is 6.06. The Labute approximate surface area is 157 Å². The lowest BCUT2D eigenvalue weighted by atomic mass is 9.66. The van der Waals surface area contributed by atoms with Crippen LogP contribution in [0.4, 0.5) is 0 Å². The van der Waals surface area contributed by atoms with E-state index in [1.54, 1.807) is 11.3 Å². The normalized spacial score (nSPS) is 19.2. The number of rotatable bonds is 3. The van der Waals surface area contributed by atoms with Crippen molar-refractivity contribution in [3.63, 3.8) is 0 Å². The second kappa shape index (κ2) is 6.20. The fourth-order valence-corrected chi connectivity index (χ4v) is 5.29. The molecule has 1 saturated carbocycles. The van der Waals surface area contributed by atoms with Crippen molar-refractivity contribution in [2.75, 3.05) is 0 Å². The van der Waals surface area contributed by atoms with Gasteiger partial charge in [0.2, 0.25) is 0 Å². The lowest BCUT2D eigenvalue weighted by Gasteiger charge is -2.35. The molecule has 0 aliphatic heterocycles. The molecule has 26 heavy (non-hydrogen) atoms. The summed E-state index contributed by atoms with van der Waals surface area (Å²) in [5, 5.41) is 3.13. The van der Waals surface area contributed by atoms with Crippen molar-refractivity contribution in [2.45, 2.75) is 39.5 Å². The number of thiophene rings is 1. The van der Waals surface area contributed by atoms with Crippen molar-refractivity contribution >= 4 is 33.8 Å². The van der Waals surface area contributed by atoms with Gasteiger partial charge in [0.25, 0.3) is 0 Å². The van der Waals surface area contributed by atoms with Crippen LogP contribution in [0, 0.1) is 18.3 Å². The van der Waals surface area contributed by atoms with Gasteiger partial charge >= 0.3 is 0 Å². The van der Waals surface area contributed by atoms with Crippen molar-refractivity contribution in [1.29, 1.82) is 0 Å². The summed E-state index contributed by atoms with van der Waals surface area (Å²) in [6, 6.07) is 12.2. The van der Waals surface area contributed by atoms with Crippen LogP contribution in [0.15, 0.2) is 41.8 Å². The molecule has 3 aromatic rings. The van der Waals surface area contributed by atoms with E-state index in [1.807, 2.05) is 50.4 Å². The molecule has 1 fully saturated rings. The van der Waals surface area contributed by atoms with E-state index in [0.717, 1.165) is 27.0 Å². The molecule has 0 spiro atoms. The predicted octanol–water partition coefficient (Wildman–Crippen LogP) is 5.24. The van der Waals surface area contributed by atoms with Crippen molar-refractivity contribution in [2.24, 2.45) is 11.3 Å². The van der Waals surface area contributed by atoms with Gasteiger partial charge in [-0.1, -0.05) is 38.1 Å². The first-order chi connectivity index (χ1) is 12.4. The lowest BCUT2D eigenvalue weighted by Crippen LogP contribution is -2.41. The van der Waals surface area contributed by atoms with Gasteiger partial charge in [0.1, 0.15) is 11.6 Å². The van der Waals surface area contributed by atoms with Gasteiger partial charge < -0.3 is 4.98 Å². The van der Waals surface area contributed by atoms with Gasteiger partial charge in [-0.15, -0.1) is 11.3 Å². The van der Waals surface area contributed by atoms with E-state index in [0.29, 0.717) is 12.8 Å². The third-order valence-corrected chi connectivity index (χ3v) is 6.39. The first kappa shape index (κ1) is 17.2. The maximum absolute atomic E-state index is 13.1.